The van der Waals surface area contributed by atoms with Gasteiger partial charge in [0.05, 0.1) is 12.2 Å². The number of aromatic nitrogens is 2. The van der Waals surface area contributed by atoms with Gasteiger partial charge in [0.1, 0.15) is 6.10 Å². The quantitative estimate of drug-likeness (QED) is 0.739. The molecule has 1 atom stereocenters. The van der Waals surface area contributed by atoms with Crippen molar-refractivity contribution in [3.8, 4) is 0 Å². The van der Waals surface area contributed by atoms with Crippen molar-refractivity contribution >= 4 is 5.82 Å². The predicted molar refractivity (Wildman–Crippen MR) is 79.4 cm³/mol. The Bertz CT molecular complexity index is 679. The second kappa shape index (κ2) is 6.75. The lowest BCUT2D eigenvalue weighted by atomic mass is 10.1. The van der Waals surface area contributed by atoms with Crippen molar-refractivity contribution < 1.29 is 31.1 Å². The van der Waals surface area contributed by atoms with Crippen LogP contribution < -0.4 is 4.90 Å². The van der Waals surface area contributed by atoms with Crippen LogP contribution in [0.1, 0.15) is 22.9 Å². The zero-order chi connectivity index (χ0) is 18.9. The lowest BCUT2D eigenvalue weighted by Gasteiger charge is -2.33. The number of anilines is 1. The average molecular weight is 377 g/mol. The van der Waals surface area contributed by atoms with Crippen molar-refractivity contribution in [2.45, 2.75) is 18.5 Å². The van der Waals surface area contributed by atoms with Gasteiger partial charge in [-0.2, -0.15) is 26.3 Å². The first kappa shape index (κ1) is 18.4. The molecule has 1 aromatic carbocycles. The summed E-state index contributed by atoms with van der Waals surface area (Å²) in [5, 5.41) is 6.77. The normalized spacial score (nSPS) is 18.8. The van der Waals surface area contributed by atoms with Gasteiger partial charge in [0.15, 0.2) is 11.5 Å². The summed E-state index contributed by atoms with van der Waals surface area (Å²) >= 11 is 0. The van der Waals surface area contributed by atoms with Crippen LogP contribution in [0, 0.1) is 0 Å². The van der Waals surface area contributed by atoms with Gasteiger partial charge in [-0.25, -0.2) is 0 Å². The fourth-order valence-electron chi connectivity index (χ4n) is 2.59. The number of hydrogen-bond acceptors (Lipinski definition) is 4. The van der Waals surface area contributed by atoms with E-state index in [0.29, 0.717) is 12.1 Å². The van der Waals surface area contributed by atoms with Crippen molar-refractivity contribution in [3.63, 3.8) is 0 Å². The minimum Gasteiger partial charge on any atom is -0.370 e. The zero-order valence-corrected chi connectivity index (χ0v) is 13.2. The van der Waals surface area contributed by atoms with Crippen LogP contribution in [0.2, 0.25) is 0 Å². The van der Waals surface area contributed by atoms with Crippen LogP contribution in [-0.4, -0.2) is 29.9 Å². The summed E-state index contributed by atoms with van der Waals surface area (Å²) in [4.78, 5) is 1.68. The van der Waals surface area contributed by atoms with Crippen molar-refractivity contribution in [1.29, 1.82) is 0 Å². The number of benzene rings is 1. The topological polar surface area (TPSA) is 38.2 Å². The molecule has 1 aliphatic heterocycles. The number of hydrogen-bond donors (Lipinski definition) is 0. The van der Waals surface area contributed by atoms with Crippen LogP contribution in [0.15, 0.2) is 36.4 Å². The minimum atomic E-state index is -4.57. The van der Waals surface area contributed by atoms with Crippen molar-refractivity contribution in [2.24, 2.45) is 0 Å². The molecule has 0 N–H and O–H groups in total. The fraction of sp³-hybridized carbons (Fsp3) is 0.375. The third-order valence-corrected chi connectivity index (χ3v) is 3.94. The van der Waals surface area contributed by atoms with Crippen molar-refractivity contribution in [2.75, 3.05) is 24.6 Å². The van der Waals surface area contributed by atoms with E-state index < -0.39 is 29.7 Å². The summed E-state index contributed by atoms with van der Waals surface area (Å²) in [6, 6.07) is 6.64. The molecule has 1 saturated heterocycles. The van der Waals surface area contributed by atoms with Crippen LogP contribution in [0.3, 0.4) is 0 Å². The maximum atomic E-state index is 12.6. The van der Waals surface area contributed by atoms with E-state index in [1.807, 2.05) is 0 Å². The molecule has 1 aromatic heterocycles. The summed E-state index contributed by atoms with van der Waals surface area (Å²) in [6.07, 6.45) is -9.51. The van der Waals surface area contributed by atoms with Gasteiger partial charge in [-0.1, -0.05) is 12.1 Å². The molecule has 0 bridgehead atoms. The Balaban J connectivity index is 1.73. The first-order valence-corrected chi connectivity index (χ1v) is 7.59. The molecule has 1 fully saturated rings. The number of ether oxygens (including phenoxy) is 1. The summed E-state index contributed by atoms with van der Waals surface area (Å²) in [6.45, 7) is 0.886. The highest BCUT2D eigenvalue weighted by Crippen LogP contribution is 2.32. The van der Waals surface area contributed by atoms with E-state index in [-0.39, 0.29) is 19.0 Å². The maximum Gasteiger partial charge on any atom is 0.435 e. The largest absolute Gasteiger partial charge is 0.435 e. The molecule has 10 heteroatoms. The van der Waals surface area contributed by atoms with Gasteiger partial charge < -0.3 is 9.64 Å². The molecular formula is C16H13F6N3O. The molecule has 2 heterocycles. The minimum absolute atomic E-state index is 0.241. The van der Waals surface area contributed by atoms with E-state index in [1.54, 1.807) is 4.90 Å². The van der Waals surface area contributed by atoms with Crippen LogP contribution in [0.4, 0.5) is 32.2 Å². The molecule has 0 radical (unpaired) electrons. The van der Waals surface area contributed by atoms with Crippen molar-refractivity contribution in [3.05, 3.63) is 53.2 Å². The van der Waals surface area contributed by atoms with Crippen LogP contribution in [0.25, 0.3) is 0 Å². The highest BCUT2D eigenvalue weighted by molar-refractivity contribution is 5.39. The second-order valence-electron chi connectivity index (χ2n) is 5.70. The Morgan fingerprint density at radius 2 is 1.58 bits per heavy atom. The number of alkyl halides is 6. The van der Waals surface area contributed by atoms with E-state index in [2.05, 4.69) is 10.2 Å². The molecule has 4 nitrogen and oxygen atoms in total. The Morgan fingerprint density at radius 1 is 0.885 bits per heavy atom. The summed E-state index contributed by atoms with van der Waals surface area (Å²) < 4.78 is 81.1. The van der Waals surface area contributed by atoms with E-state index in [1.165, 1.54) is 18.2 Å². The lowest BCUT2D eigenvalue weighted by molar-refractivity contribution is -0.141. The summed E-state index contributed by atoms with van der Waals surface area (Å²) in [5.41, 5.74) is -1.31. The maximum absolute atomic E-state index is 12.6. The number of rotatable bonds is 2. The molecule has 3 rings (SSSR count). The molecule has 2 aromatic rings. The van der Waals surface area contributed by atoms with Gasteiger partial charge in [0, 0.05) is 13.1 Å². The first-order chi connectivity index (χ1) is 12.1. The fourth-order valence-corrected chi connectivity index (χ4v) is 2.59. The van der Waals surface area contributed by atoms with Crippen molar-refractivity contribution in [1.82, 2.24) is 10.2 Å². The number of nitrogens with zero attached hydrogens (tertiary/aromatic N) is 3. The molecule has 140 valence electrons. The van der Waals surface area contributed by atoms with Gasteiger partial charge in [-0.05, 0) is 29.8 Å². The number of halogens is 6. The zero-order valence-electron chi connectivity index (χ0n) is 13.2. The Labute approximate surface area is 144 Å². The van der Waals surface area contributed by atoms with Gasteiger partial charge >= 0.3 is 12.4 Å². The lowest BCUT2D eigenvalue weighted by Crippen LogP contribution is -2.39. The van der Waals surface area contributed by atoms with Gasteiger partial charge in [0.25, 0.3) is 0 Å². The summed E-state index contributed by atoms with van der Waals surface area (Å²) in [7, 11) is 0. The molecule has 26 heavy (non-hydrogen) atoms. The van der Waals surface area contributed by atoms with Gasteiger partial charge in [-0.3, -0.25) is 0 Å². The molecule has 1 aliphatic rings. The summed E-state index contributed by atoms with van der Waals surface area (Å²) in [5.74, 6) is 0.248. The Hall–Kier alpha value is -2.36. The van der Waals surface area contributed by atoms with Gasteiger partial charge in [-0.15, -0.1) is 10.2 Å². The second-order valence-corrected chi connectivity index (χ2v) is 5.70. The van der Waals surface area contributed by atoms with E-state index in [4.69, 9.17) is 4.74 Å². The Kier molecular flexibility index (Phi) is 4.78. The molecule has 0 spiro atoms. The molecule has 0 aliphatic carbocycles. The molecule has 0 saturated carbocycles. The van der Waals surface area contributed by atoms with Crippen LogP contribution in [0.5, 0.6) is 0 Å². The third kappa shape index (κ3) is 4.06. The highest BCUT2D eigenvalue weighted by Gasteiger charge is 2.34. The van der Waals surface area contributed by atoms with E-state index in [9.17, 15) is 26.3 Å². The molecule has 0 amide bonds. The number of morpholine rings is 1. The average Bonchev–Trinajstić information content (AvgIpc) is 2.61. The van der Waals surface area contributed by atoms with E-state index in [0.717, 1.165) is 18.2 Å². The van der Waals surface area contributed by atoms with E-state index >= 15 is 0 Å². The van der Waals surface area contributed by atoms with Crippen LogP contribution >= 0.6 is 0 Å². The SMILES string of the molecule is FC(F)(F)c1ccc(C2CN(c3ccc(C(F)(F)F)nn3)CCO2)cc1. The Morgan fingerprint density at radius 3 is 2.12 bits per heavy atom. The predicted octanol–water partition coefficient (Wildman–Crippen LogP) is 4.09. The highest BCUT2D eigenvalue weighted by atomic mass is 19.4. The third-order valence-electron chi connectivity index (χ3n) is 3.94. The smallest absolute Gasteiger partial charge is 0.370 e. The monoisotopic (exact) mass is 377 g/mol. The molecule has 1 unspecified atom stereocenters. The first-order valence-electron chi connectivity index (χ1n) is 7.59. The van der Waals surface area contributed by atoms with Crippen LogP contribution in [-0.2, 0) is 17.1 Å². The van der Waals surface area contributed by atoms with Gasteiger partial charge in [0.2, 0.25) is 0 Å². The standard InChI is InChI=1S/C16H13F6N3O/c17-15(18,19)11-3-1-10(2-4-11)12-9-25(7-8-26-12)14-6-5-13(23-24-14)16(20,21)22/h1-6,12H,7-9H2. The molecular weight excluding hydrogens is 364 g/mol.